The molecule has 0 unspecified atom stereocenters. The highest BCUT2D eigenvalue weighted by atomic mass is 32.1. The average molecular weight is 404 g/mol. The molecule has 0 saturated carbocycles. The van der Waals surface area contributed by atoms with Gasteiger partial charge in [-0.05, 0) is 38.1 Å². The maximum absolute atomic E-state index is 12.5. The summed E-state index contributed by atoms with van der Waals surface area (Å²) < 4.78 is 15.9. The van der Waals surface area contributed by atoms with E-state index in [1.807, 2.05) is 7.05 Å². The third-order valence-electron chi connectivity index (χ3n) is 4.39. The van der Waals surface area contributed by atoms with Crippen molar-refractivity contribution in [1.82, 2.24) is 4.90 Å². The van der Waals surface area contributed by atoms with E-state index in [2.05, 4.69) is 10.2 Å². The van der Waals surface area contributed by atoms with Gasteiger partial charge in [-0.1, -0.05) is 6.07 Å². The van der Waals surface area contributed by atoms with E-state index >= 15 is 0 Å². The molecule has 28 heavy (non-hydrogen) atoms. The molecule has 1 amide bonds. The first-order valence-electron chi connectivity index (χ1n) is 9.08. The molecule has 0 aliphatic carbocycles. The van der Waals surface area contributed by atoms with Crippen LogP contribution in [0.3, 0.4) is 0 Å². The van der Waals surface area contributed by atoms with E-state index in [0.29, 0.717) is 22.1 Å². The van der Waals surface area contributed by atoms with Crippen LogP contribution in [0.4, 0.5) is 5.00 Å². The summed E-state index contributed by atoms with van der Waals surface area (Å²) in [7, 11) is 3.60. The van der Waals surface area contributed by atoms with Crippen molar-refractivity contribution in [2.45, 2.75) is 19.9 Å². The van der Waals surface area contributed by atoms with Gasteiger partial charge in [-0.2, -0.15) is 0 Å². The van der Waals surface area contributed by atoms with Gasteiger partial charge in [-0.3, -0.25) is 4.79 Å². The molecule has 0 spiro atoms. The molecule has 0 radical (unpaired) electrons. The van der Waals surface area contributed by atoms with E-state index in [1.54, 1.807) is 38.3 Å². The second-order valence-electron chi connectivity index (χ2n) is 6.43. The highest BCUT2D eigenvalue weighted by molar-refractivity contribution is 7.17. The van der Waals surface area contributed by atoms with Crippen LogP contribution >= 0.6 is 11.3 Å². The number of rotatable bonds is 7. The number of carbonyl (C=O) groups is 2. The average Bonchev–Trinajstić information content (AvgIpc) is 3.03. The van der Waals surface area contributed by atoms with Crippen molar-refractivity contribution in [2.75, 3.05) is 39.2 Å². The quantitative estimate of drug-likeness (QED) is 0.715. The molecule has 7 nitrogen and oxygen atoms in total. The lowest BCUT2D eigenvalue weighted by Crippen LogP contribution is -2.26. The summed E-state index contributed by atoms with van der Waals surface area (Å²) in [5, 5.41) is 3.35. The van der Waals surface area contributed by atoms with Crippen molar-refractivity contribution >= 4 is 28.2 Å². The van der Waals surface area contributed by atoms with Gasteiger partial charge >= 0.3 is 5.97 Å². The number of likely N-dealkylation sites (N-methyl/N-ethyl adjacent to an activating group) is 1. The minimum atomic E-state index is -0.395. The number of methoxy groups -OCH3 is 1. The Morgan fingerprint density at radius 3 is 2.82 bits per heavy atom. The lowest BCUT2D eigenvalue weighted by molar-refractivity contribution is -0.118. The Hall–Kier alpha value is -2.58. The van der Waals surface area contributed by atoms with Gasteiger partial charge in [-0.15, -0.1) is 11.3 Å². The maximum atomic E-state index is 12.5. The predicted octanol–water partition coefficient (Wildman–Crippen LogP) is 2.94. The molecule has 2 aromatic rings. The van der Waals surface area contributed by atoms with Crippen LogP contribution in [0.25, 0.3) is 0 Å². The Kier molecular flexibility index (Phi) is 6.53. The number of amides is 1. The van der Waals surface area contributed by atoms with E-state index in [1.165, 1.54) is 11.3 Å². The van der Waals surface area contributed by atoms with Gasteiger partial charge in [0.05, 0.1) is 19.3 Å². The number of hydrogen-bond acceptors (Lipinski definition) is 7. The van der Waals surface area contributed by atoms with Crippen molar-refractivity contribution < 1.29 is 23.8 Å². The molecule has 8 heteroatoms. The highest BCUT2D eigenvalue weighted by Crippen LogP contribution is 2.37. The standard InChI is InChI=1S/C20H24N2O5S/c1-4-26-20(24)18-15-8-9-22(2)11-16(15)28-19(18)21-17(23)12-27-14-7-5-6-13(10-14)25-3/h5-7,10H,4,8-9,11-12H2,1-3H3,(H,21,23). The number of nitrogens with one attached hydrogen (secondary N) is 1. The number of anilines is 1. The number of esters is 1. The summed E-state index contributed by atoms with van der Waals surface area (Å²) in [5.74, 6) is 0.457. The van der Waals surface area contributed by atoms with Crippen LogP contribution in [0.15, 0.2) is 24.3 Å². The van der Waals surface area contributed by atoms with E-state index in [9.17, 15) is 9.59 Å². The molecule has 1 aliphatic heterocycles. The third-order valence-corrected chi connectivity index (χ3v) is 5.52. The van der Waals surface area contributed by atoms with Crippen molar-refractivity contribution in [3.63, 3.8) is 0 Å². The molecule has 0 saturated heterocycles. The van der Waals surface area contributed by atoms with E-state index < -0.39 is 5.97 Å². The summed E-state index contributed by atoms with van der Waals surface area (Å²) in [4.78, 5) is 28.2. The van der Waals surface area contributed by atoms with Gasteiger partial charge < -0.3 is 24.4 Å². The maximum Gasteiger partial charge on any atom is 0.341 e. The van der Waals surface area contributed by atoms with Crippen LogP contribution < -0.4 is 14.8 Å². The Morgan fingerprint density at radius 2 is 2.07 bits per heavy atom. The van der Waals surface area contributed by atoms with Crippen LogP contribution in [-0.4, -0.2) is 50.7 Å². The Labute approximate surface area is 168 Å². The van der Waals surface area contributed by atoms with E-state index in [0.717, 1.165) is 30.0 Å². The number of ether oxygens (including phenoxy) is 3. The Bertz CT molecular complexity index is 864. The fourth-order valence-corrected chi connectivity index (χ4v) is 4.37. The zero-order valence-corrected chi connectivity index (χ0v) is 17.1. The minimum absolute atomic E-state index is 0.169. The lowest BCUT2D eigenvalue weighted by Gasteiger charge is -2.22. The first-order valence-corrected chi connectivity index (χ1v) is 9.90. The van der Waals surface area contributed by atoms with Gasteiger partial charge in [0.1, 0.15) is 16.5 Å². The second kappa shape index (κ2) is 9.07. The largest absolute Gasteiger partial charge is 0.497 e. The number of nitrogens with zero attached hydrogens (tertiary/aromatic N) is 1. The molecule has 0 fully saturated rings. The molecular weight excluding hydrogens is 380 g/mol. The van der Waals surface area contributed by atoms with Crippen molar-refractivity contribution in [3.05, 3.63) is 40.3 Å². The first-order chi connectivity index (χ1) is 13.5. The monoisotopic (exact) mass is 404 g/mol. The van der Waals surface area contributed by atoms with Gasteiger partial charge in [-0.25, -0.2) is 4.79 Å². The smallest absolute Gasteiger partial charge is 0.341 e. The van der Waals surface area contributed by atoms with E-state index in [4.69, 9.17) is 14.2 Å². The molecule has 1 aromatic carbocycles. The van der Waals surface area contributed by atoms with Crippen LogP contribution in [0.1, 0.15) is 27.7 Å². The van der Waals surface area contributed by atoms with Crippen LogP contribution in [0.5, 0.6) is 11.5 Å². The lowest BCUT2D eigenvalue weighted by atomic mass is 10.0. The zero-order chi connectivity index (χ0) is 20.1. The first kappa shape index (κ1) is 20.2. The summed E-state index contributed by atoms with van der Waals surface area (Å²) in [6.07, 6.45) is 0.757. The normalized spacial score (nSPS) is 13.5. The Balaban J connectivity index is 1.73. The number of benzene rings is 1. The summed E-state index contributed by atoms with van der Waals surface area (Å²) in [5.41, 5.74) is 1.45. The number of fused-ring (bicyclic) bond motifs is 1. The van der Waals surface area contributed by atoms with Gasteiger partial charge in [0.2, 0.25) is 0 Å². The van der Waals surface area contributed by atoms with Crippen LogP contribution in [-0.2, 0) is 22.5 Å². The fraction of sp³-hybridized carbons (Fsp3) is 0.400. The SMILES string of the molecule is CCOC(=O)c1c(NC(=O)COc2cccc(OC)c2)sc2c1CCN(C)C2. The van der Waals surface area contributed by atoms with Crippen LogP contribution in [0, 0.1) is 0 Å². The Morgan fingerprint density at radius 1 is 1.29 bits per heavy atom. The number of thiophene rings is 1. The highest BCUT2D eigenvalue weighted by Gasteiger charge is 2.28. The molecule has 0 atom stereocenters. The van der Waals surface area contributed by atoms with Gasteiger partial charge in [0.15, 0.2) is 6.61 Å². The third kappa shape index (κ3) is 4.63. The molecule has 3 rings (SSSR count). The number of hydrogen-bond donors (Lipinski definition) is 1. The van der Waals surface area contributed by atoms with Crippen molar-refractivity contribution in [3.8, 4) is 11.5 Å². The molecular formula is C20H24N2O5S. The summed E-state index contributed by atoms with van der Waals surface area (Å²) in [6, 6.07) is 7.04. The van der Waals surface area contributed by atoms with Crippen molar-refractivity contribution in [2.24, 2.45) is 0 Å². The molecule has 1 aliphatic rings. The van der Waals surface area contributed by atoms with Crippen LogP contribution in [0.2, 0.25) is 0 Å². The van der Waals surface area contributed by atoms with Gasteiger partial charge in [0.25, 0.3) is 5.91 Å². The minimum Gasteiger partial charge on any atom is -0.497 e. The van der Waals surface area contributed by atoms with Gasteiger partial charge in [0, 0.05) is 24.0 Å². The van der Waals surface area contributed by atoms with Crippen molar-refractivity contribution in [1.29, 1.82) is 0 Å². The summed E-state index contributed by atoms with van der Waals surface area (Å²) >= 11 is 1.43. The topological polar surface area (TPSA) is 77.1 Å². The molecule has 1 aromatic heterocycles. The molecule has 2 heterocycles. The fourth-order valence-electron chi connectivity index (χ4n) is 3.04. The second-order valence-corrected chi connectivity index (χ2v) is 7.54. The molecule has 150 valence electrons. The zero-order valence-electron chi connectivity index (χ0n) is 16.2. The summed E-state index contributed by atoms with van der Waals surface area (Å²) in [6.45, 7) is 3.50. The molecule has 0 bridgehead atoms. The predicted molar refractivity (Wildman–Crippen MR) is 107 cm³/mol. The molecule has 1 N–H and O–H groups in total. The van der Waals surface area contributed by atoms with E-state index in [-0.39, 0.29) is 19.1 Å². The number of carbonyl (C=O) groups excluding carboxylic acids is 2.